The SMILES string of the molecule is [N-]=[N+]=Nc1cc(C(=O)Cc2ccccc2)ccc1S. The van der Waals surface area contributed by atoms with E-state index >= 15 is 0 Å². The third-order valence-corrected chi connectivity index (χ3v) is 3.04. The zero-order chi connectivity index (χ0) is 13.7. The fraction of sp³-hybridized carbons (Fsp3) is 0.0714. The Bertz CT molecular complexity index is 649. The van der Waals surface area contributed by atoms with E-state index in [0.29, 0.717) is 22.6 Å². The largest absolute Gasteiger partial charge is 0.294 e. The van der Waals surface area contributed by atoms with E-state index in [1.54, 1.807) is 18.2 Å². The first-order valence-electron chi connectivity index (χ1n) is 5.66. The Morgan fingerprint density at radius 3 is 2.63 bits per heavy atom. The zero-order valence-corrected chi connectivity index (χ0v) is 10.9. The number of azide groups is 1. The van der Waals surface area contributed by atoms with Crippen LogP contribution in [0.3, 0.4) is 0 Å². The maximum absolute atomic E-state index is 12.1. The number of nitrogens with zero attached hydrogens (tertiary/aromatic N) is 3. The molecule has 0 radical (unpaired) electrons. The molecular formula is C14H11N3OS. The van der Waals surface area contributed by atoms with Crippen molar-refractivity contribution in [3.05, 3.63) is 70.1 Å². The van der Waals surface area contributed by atoms with Gasteiger partial charge in [0.15, 0.2) is 5.78 Å². The smallest absolute Gasteiger partial charge is 0.167 e. The number of benzene rings is 2. The number of carbonyl (C=O) groups is 1. The van der Waals surface area contributed by atoms with Crippen LogP contribution < -0.4 is 0 Å². The van der Waals surface area contributed by atoms with Gasteiger partial charge in [-0.2, -0.15) is 0 Å². The molecule has 19 heavy (non-hydrogen) atoms. The number of hydrogen-bond acceptors (Lipinski definition) is 3. The molecule has 0 aliphatic rings. The lowest BCUT2D eigenvalue weighted by Crippen LogP contribution is -2.03. The van der Waals surface area contributed by atoms with Crippen molar-refractivity contribution in [1.82, 2.24) is 0 Å². The van der Waals surface area contributed by atoms with E-state index in [-0.39, 0.29) is 5.78 Å². The Hall–Kier alpha value is -2.23. The minimum absolute atomic E-state index is 0.0195. The van der Waals surface area contributed by atoms with Crippen LogP contribution in [0.25, 0.3) is 10.4 Å². The molecule has 2 aromatic rings. The second-order valence-corrected chi connectivity index (χ2v) is 4.46. The monoisotopic (exact) mass is 269 g/mol. The van der Waals surface area contributed by atoms with E-state index in [4.69, 9.17) is 5.53 Å². The van der Waals surface area contributed by atoms with Crippen LogP contribution in [0.5, 0.6) is 0 Å². The van der Waals surface area contributed by atoms with Gasteiger partial charge >= 0.3 is 0 Å². The third-order valence-electron chi connectivity index (χ3n) is 2.66. The summed E-state index contributed by atoms with van der Waals surface area (Å²) in [6, 6.07) is 14.4. The second-order valence-electron chi connectivity index (χ2n) is 3.98. The molecule has 2 rings (SSSR count). The summed E-state index contributed by atoms with van der Waals surface area (Å²) in [5, 5.41) is 3.51. The van der Waals surface area contributed by atoms with E-state index in [1.807, 2.05) is 30.3 Å². The van der Waals surface area contributed by atoms with Crippen molar-refractivity contribution < 1.29 is 4.79 Å². The molecule has 0 bridgehead atoms. The summed E-state index contributed by atoms with van der Waals surface area (Å²) in [6.07, 6.45) is 0.322. The van der Waals surface area contributed by atoms with Gasteiger partial charge < -0.3 is 0 Å². The average molecular weight is 269 g/mol. The molecule has 5 heteroatoms. The molecule has 0 saturated carbocycles. The van der Waals surface area contributed by atoms with Gasteiger partial charge in [0.1, 0.15) is 0 Å². The fourth-order valence-corrected chi connectivity index (χ4v) is 1.89. The van der Waals surface area contributed by atoms with Crippen LogP contribution in [0.2, 0.25) is 0 Å². The minimum Gasteiger partial charge on any atom is -0.294 e. The average Bonchev–Trinajstić information content (AvgIpc) is 2.42. The summed E-state index contributed by atoms with van der Waals surface area (Å²) in [4.78, 5) is 15.4. The van der Waals surface area contributed by atoms with Crippen molar-refractivity contribution in [2.45, 2.75) is 11.3 Å². The van der Waals surface area contributed by atoms with E-state index < -0.39 is 0 Å². The summed E-state index contributed by atoms with van der Waals surface area (Å²) in [5.41, 5.74) is 10.3. The molecule has 0 fully saturated rings. The van der Waals surface area contributed by atoms with Crippen molar-refractivity contribution in [3.63, 3.8) is 0 Å². The Morgan fingerprint density at radius 2 is 1.95 bits per heavy atom. The van der Waals surface area contributed by atoms with Gasteiger partial charge in [-0.1, -0.05) is 41.5 Å². The molecule has 0 unspecified atom stereocenters. The van der Waals surface area contributed by atoms with Gasteiger partial charge in [0.25, 0.3) is 0 Å². The lowest BCUT2D eigenvalue weighted by atomic mass is 10.0. The lowest BCUT2D eigenvalue weighted by molar-refractivity contribution is 0.0993. The minimum atomic E-state index is -0.0195. The van der Waals surface area contributed by atoms with Crippen LogP contribution in [-0.4, -0.2) is 5.78 Å². The molecule has 0 saturated heterocycles. The molecule has 0 atom stereocenters. The van der Waals surface area contributed by atoms with E-state index in [1.165, 1.54) is 0 Å². The van der Waals surface area contributed by atoms with Crippen molar-refractivity contribution in [2.24, 2.45) is 5.11 Å². The highest BCUT2D eigenvalue weighted by Crippen LogP contribution is 2.25. The standard InChI is InChI=1S/C14H11N3OS/c15-17-16-12-9-11(6-7-14(12)19)13(18)8-10-4-2-1-3-5-10/h1-7,9,19H,8H2. The molecular weight excluding hydrogens is 258 g/mol. The van der Waals surface area contributed by atoms with E-state index in [0.717, 1.165) is 5.56 Å². The fourth-order valence-electron chi connectivity index (χ4n) is 1.71. The number of Topliss-reactive ketones (excluding diaryl/α,β-unsaturated/α-hetero) is 1. The van der Waals surface area contributed by atoms with Crippen molar-refractivity contribution in [1.29, 1.82) is 0 Å². The van der Waals surface area contributed by atoms with E-state index in [2.05, 4.69) is 22.7 Å². The summed E-state index contributed by atoms with van der Waals surface area (Å²) >= 11 is 4.17. The maximum Gasteiger partial charge on any atom is 0.167 e. The Morgan fingerprint density at radius 1 is 1.21 bits per heavy atom. The summed E-state index contributed by atoms with van der Waals surface area (Å²) < 4.78 is 0. The zero-order valence-electron chi connectivity index (χ0n) is 10.0. The van der Waals surface area contributed by atoms with Crippen LogP contribution in [-0.2, 0) is 6.42 Å². The van der Waals surface area contributed by atoms with Gasteiger partial charge in [0.05, 0.1) is 5.69 Å². The predicted octanol–water partition coefficient (Wildman–Crippen LogP) is 4.34. The summed E-state index contributed by atoms with van der Waals surface area (Å²) in [7, 11) is 0. The van der Waals surface area contributed by atoms with Crippen LogP contribution in [0.1, 0.15) is 15.9 Å². The van der Waals surface area contributed by atoms with Crippen molar-refractivity contribution in [3.8, 4) is 0 Å². The van der Waals surface area contributed by atoms with Gasteiger partial charge in [0.2, 0.25) is 0 Å². The lowest BCUT2D eigenvalue weighted by Gasteiger charge is -2.04. The Balaban J connectivity index is 2.24. The first-order chi connectivity index (χ1) is 9.20. The third kappa shape index (κ3) is 3.37. The topological polar surface area (TPSA) is 65.8 Å². The number of ketones is 1. The highest BCUT2D eigenvalue weighted by atomic mass is 32.1. The van der Waals surface area contributed by atoms with Gasteiger partial charge in [0, 0.05) is 21.8 Å². The molecule has 94 valence electrons. The highest BCUT2D eigenvalue weighted by Gasteiger charge is 2.08. The summed E-state index contributed by atoms with van der Waals surface area (Å²) in [6.45, 7) is 0. The molecule has 0 spiro atoms. The van der Waals surface area contributed by atoms with Crippen LogP contribution in [0.4, 0.5) is 5.69 Å². The van der Waals surface area contributed by atoms with Crippen LogP contribution in [0.15, 0.2) is 58.5 Å². The first-order valence-corrected chi connectivity index (χ1v) is 6.10. The highest BCUT2D eigenvalue weighted by molar-refractivity contribution is 7.80. The van der Waals surface area contributed by atoms with Crippen LogP contribution in [0, 0.1) is 0 Å². The first kappa shape index (κ1) is 13.2. The quantitative estimate of drug-likeness (QED) is 0.290. The van der Waals surface area contributed by atoms with Crippen molar-refractivity contribution in [2.75, 3.05) is 0 Å². The number of rotatable bonds is 4. The van der Waals surface area contributed by atoms with Crippen LogP contribution >= 0.6 is 12.6 Å². The molecule has 0 aliphatic carbocycles. The molecule has 4 nitrogen and oxygen atoms in total. The molecule has 0 amide bonds. The second kappa shape index (κ2) is 6.09. The van der Waals surface area contributed by atoms with Gasteiger partial charge in [-0.25, -0.2) is 0 Å². The molecule has 0 N–H and O–H groups in total. The maximum atomic E-state index is 12.1. The number of carbonyl (C=O) groups excluding carboxylic acids is 1. The number of thiol groups is 1. The van der Waals surface area contributed by atoms with E-state index in [9.17, 15) is 4.79 Å². The molecule has 2 aromatic carbocycles. The van der Waals surface area contributed by atoms with Gasteiger partial charge in [-0.05, 0) is 23.2 Å². The van der Waals surface area contributed by atoms with Crippen molar-refractivity contribution >= 4 is 24.1 Å². The van der Waals surface area contributed by atoms with Gasteiger partial charge in [-0.3, -0.25) is 4.79 Å². The predicted molar refractivity (Wildman–Crippen MR) is 77.0 cm³/mol. The number of hydrogen-bond donors (Lipinski definition) is 1. The molecule has 0 aliphatic heterocycles. The molecule has 0 heterocycles. The normalized spacial score (nSPS) is 9.74. The Labute approximate surface area is 116 Å². The van der Waals surface area contributed by atoms with Gasteiger partial charge in [-0.15, -0.1) is 12.6 Å². The Kier molecular flexibility index (Phi) is 4.23. The summed E-state index contributed by atoms with van der Waals surface area (Å²) in [5.74, 6) is -0.0195. The molecule has 0 aromatic heterocycles.